The maximum atomic E-state index is 12.7. The largest absolute Gasteiger partial charge is 0.340 e. The number of carbonyl (C=O) groups is 1. The summed E-state index contributed by atoms with van der Waals surface area (Å²) >= 11 is 0. The van der Waals surface area contributed by atoms with Crippen molar-refractivity contribution in [2.75, 3.05) is 31.5 Å². The summed E-state index contributed by atoms with van der Waals surface area (Å²) in [5.74, 6) is 0.794. The van der Waals surface area contributed by atoms with Crippen LogP contribution in [0.5, 0.6) is 0 Å². The molecule has 1 aromatic heterocycles. The van der Waals surface area contributed by atoms with Gasteiger partial charge in [0.15, 0.2) is 0 Å². The molecule has 2 aromatic carbocycles. The minimum Gasteiger partial charge on any atom is -0.340 e. The zero-order valence-electron chi connectivity index (χ0n) is 19.0. The van der Waals surface area contributed by atoms with E-state index >= 15 is 0 Å². The molecule has 1 fully saturated rings. The van der Waals surface area contributed by atoms with Gasteiger partial charge in [0.25, 0.3) is 5.95 Å². The van der Waals surface area contributed by atoms with Crippen molar-refractivity contribution in [3.63, 3.8) is 0 Å². The summed E-state index contributed by atoms with van der Waals surface area (Å²) in [4.78, 5) is 30.7. The summed E-state index contributed by atoms with van der Waals surface area (Å²) in [6.07, 6.45) is 0. The Balaban J connectivity index is 1.47. The normalized spacial score (nSPS) is 14.7. The number of nitrogens with zero attached hydrogens (tertiary/aromatic N) is 5. The van der Waals surface area contributed by atoms with Crippen molar-refractivity contribution in [1.82, 2.24) is 25.1 Å². The fourth-order valence-electron chi connectivity index (χ4n) is 3.77. The highest BCUT2D eigenvalue weighted by Crippen LogP contribution is 2.12. The van der Waals surface area contributed by atoms with Gasteiger partial charge in [-0.15, -0.1) is 0 Å². The molecule has 0 unspecified atom stereocenters. The number of guanidine groups is 1. The highest BCUT2D eigenvalue weighted by Gasteiger charge is 2.22. The monoisotopic (exact) mass is 443 g/mol. The standard InChI is InChI=1S/C25H29N7O/c1-19-17-20(2)27-23(26-19)29-24(30-25(33)28-22-11-7-4-8-12-22)32-15-13-31(14-16-32)18-21-9-5-3-6-10-21/h3-12,17H,13-16,18H2,1-2H3,(H2,26,27,28,29,30,33). The molecule has 0 saturated carbocycles. The van der Waals surface area contributed by atoms with Crippen LogP contribution in [0.4, 0.5) is 16.4 Å². The molecule has 0 spiro atoms. The lowest BCUT2D eigenvalue weighted by molar-refractivity contribution is 0.173. The van der Waals surface area contributed by atoms with Gasteiger partial charge in [0.05, 0.1) is 0 Å². The van der Waals surface area contributed by atoms with Crippen LogP contribution in [-0.2, 0) is 6.54 Å². The van der Waals surface area contributed by atoms with Crippen LogP contribution in [0.1, 0.15) is 17.0 Å². The van der Waals surface area contributed by atoms with E-state index in [2.05, 4.69) is 59.7 Å². The van der Waals surface area contributed by atoms with Crippen LogP contribution in [0.2, 0.25) is 0 Å². The average molecular weight is 444 g/mol. The van der Waals surface area contributed by atoms with Crippen molar-refractivity contribution in [2.24, 2.45) is 4.99 Å². The summed E-state index contributed by atoms with van der Waals surface area (Å²) in [5.41, 5.74) is 3.68. The van der Waals surface area contributed by atoms with Gasteiger partial charge in [0, 0.05) is 49.8 Å². The number of piperazine rings is 1. The topological polar surface area (TPSA) is 85.7 Å². The number of aryl methyl sites for hydroxylation is 2. The molecule has 0 bridgehead atoms. The highest BCUT2D eigenvalue weighted by atomic mass is 16.2. The lowest BCUT2D eigenvalue weighted by Gasteiger charge is -2.36. The van der Waals surface area contributed by atoms with Crippen molar-refractivity contribution >= 4 is 23.6 Å². The number of aliphatic imine (C=N–C) groups is 1. The maximum Gasteiger partial charge on any atom is 0.326 e. The van der Waals surface area contributed by atoms with E-state index < -0.39 is 0 Å². The van der Waals surface area contributed by atoms with E-state index in [1.165, 1.54) is 5.56 Å². The van der Waals surface area contributed by atoms with Gasteiger partial charge in [0.1, 0.15) is 0 Å². The molecule has 4 rings (SSSR count). The predicted octanol–water partition coefficient (Wildman–Crippen LogP) is 3.72. The minimum absolute atomic E-state index is 0.342. The number of aromatic nitrogens is 2. The first-order chi connectivity index (χ1) is 16.0. The van der Waals surface area contributed by atoms with Gasteiger partial charge in [-0.2, -0.15) is 4.99 Å². The Kier molecular flexibility index (Phi) is 7.26. The lowest BCUT2D eigenvalue weighted by Crippen LogP contribution is -2.53. The Bertz CT molecular complexity index is 1070. The zero-order chi connectivity index (χ0) is 23.0. The van der Waals surface area contributed by atoms with E-state index in [1.807, 2.05) is 56.3 Å². The molecule has 0 radical (unpaired) electrons. The van der Waals surface area contributed by atoms with Crippen molar-refractivity contribution in [3.05, 3.63) is 83.7 Å². The van der Waals surface area contributed by atoms with Crippen LogP contribution in [0, 0.1) is 13.8 Å². The minimum atomic E-state index is -0.351. The third-order valence-electron chi connectivity index (χ3n) is 5.35. The Morgan fingerprint density at radius 1 is 0.909 bits per heavy atom. The molecule has 1 aliphatic rings. The van der Waals surface area contributed by atoms with Gasteiger partial charge < -0.3 is 10.2 Å². The predicted molar refractivity (Wildman–Crippen MR) is 130 cm³/mol. The van der Waals surface area contributed by atoms with Gasteiger partial charge in [-0.1, -0.05) is 48.5 Å². The number of anilines is 1. The number of carbonyl (C=O) groups excluding carboxylic acids is 1. The Morgan fingerprint density at radius 3 is 2.15 bits per heavy atom. The van der Waals surface area contributed by atoms with Gasteiger partial charge in [0.2, 0.25) is 5.96 Å². The molecule has 2 N–H and O–H groups in total. The number of urea groups is 1. The van der Waals surface area contributed by atoms with E-state index in [0.29, 0.717) is 17.6 Å². The number of amides is 2. The molecule has 170 valence electrons. The molecule has 2 amide bonds. The number of rotatable bonds is 4. The lowest BCUT2D eigenvalue weighted by atomic mass is 10.2. The number of hydrogen-bond donors (Lipinski definition) is 2. The Hall–Kier alpha value is -3.78. The molecule has 8 heteroatoms. The maximum absolute atomic E-state index is 12.7. The summed E-state index contributed by atoms with van der Waals surface area (Å²) < 4.78 is 0. The van der Waals surface area contributed by atoms with E-state index in [0.717, 1.165) is 44.1 Å². The third-order valence-corrected chi connectivity index (χ3v) is 5.35. The highest BCUT2D eigenvalue weighted by molar-refractivity contribution is 6.02. The molecule has 33 heavy (non-hydrogen) atoms. The van der Waals surface area contributed by atoms with E-state index in [1.54, 1.807) is 0 Å². The summed E-state index contributed by atoms with van der Waals surface area (Å²) in [6.45, 7) is 7.93. The van der Waals surface area contributed by atoms with Gasteiger partial charge in [-0.05, 0) is 37.6 Å². The van der Waals surface area contributed by atoms with Crippen molar-refractivity contribution in [1.29, 1.82) is 0 Å². The molecular weight excluding hydrogens is 414 g/mol. The molecule has 1 aliphatic heterocycles. The molecule has 1 saturated heterocycles. The quantitative estimate of drug-likeness (QED) is 0.474. The molecule has 8 nitrogen and oxygen atoms in total. The van der Waals surface area contributed by atoms with Crippen LogP contribution < -0.4 is 10.6 Å². The van der Waals surface area contributed by atoms with Crippen LogP contribution in [0.15, 0.2) is 71.7 Å². The first-order valence-corrected chi connectivity index (χ1v) is 11.1. The van der Waals surface area contributed by atoms with Crippen LogP contribution in [0.25, 0.3) is 0 Å². The second-order valence-corrected chi connectivity index (χ2v) is 8.08. The fourth-order valence-corrected chi connectivity index (χ4v) is 3.77. The van der Waals surface area contributed by atoms with Gasteiger partial charge >= 0.3 is 6.03 Å². The molecular formula is C25H29N7O. The van der Waals surface area contributed by atoms with E-state index in [-0.39, 0.29) is 6.03 Å². The molecule has 3 aromatic rings. The van der Waals surface area contributed by atoms with Crippen molar-refractivity contribution in [3.8, 4) is 0 Å². The first-order valence-electron chi connectivity index (χ1n) is 11.1. The van der Waals surface area contributed by atoms with Crippen LogP contribution in [-0.4, -0.2) is 57.9 Å². The number of nitrogens with one attached hydrogen (secondary N) is 2. The Morgan fingerprint density at radius 2 is 1.52 bits per heavy atom. The van der Waals surface area contributed by atoms with Crippen LogP contribution in [0.3, 0.4) is 0 Å². The molecule has 0 atom stereocenters. The second-order valence-electron chi connectivity index (χ2n) is 8.08. The Labute approximate surface area is 194 Å². The summed E-state index contributed by atoms with van der Waals surface area (Å²) in [5, 5.41) is 5.77. The second kappa shape index (κ2) is 10.7. The molecule has 2 heterocycles. The van der Waals surface area contributed by atoms with E-state index in [4.69, 9.17) is 0 Å². The number of benzene rings is 2. The van der Waals surface area contributed by atoms with E-state index in [9.17, 15) is 4.79 Å². The zero-order valence-corrected chi connectivity index (χ0v) is 19.0. The fraction of sp³-hybridized carbons (Fsp3) is 0.280. The average Bonchev–Trinajstić information content (AvgIpc) is 2.80. The smallest absolute Gasteiger partial charge is 0.326 e. The first kappa shape index (κ1) is 22.4. The van der Waals surface area contributed by atoms with Gasteiger partial charge in [-0.25, -0.2) is 14.8 Å². The number of hydrogen-bond acceptors (Lipinski definition) is 5. The van der Waals surface area contributed by atoms with Crippen molar-refractivity contribution in [2.45, 2.75) is 20.4 Å². The van der Waals surface area contributed by atoms with Crippen molar-refractivity contribution < 1.29 is 4.79 Å². The van der Waals surface area contributed by atoms with Crippen LogP contribution >= 0.6 is 0 Å². The summed E-state index contributed by atoms with van der Waals surface area (Å²) in [6, 6.07) is 21.3. The molecule has 0 aliphatic carbocycles. The number of para-hydroxylation sites is 1. The SMILES string of the molecule is Cc1cc(C)nc(/N=C(\NC(=O)Nc2ccccc2)N2CCN(Cc3ccccc3)CC2)n1. The third kappa shape index (κ3) is 6.60. The van der Waals surface area contributed by atoms with Gasteiger partial charge in [-0.3, -0.25) is 10.2 Å². The summed E-state index contributed by atoms with van der Waals surface area (Å²) in [7, 11) is 0.